The molecule has 27 heavy (non-hydrogen) atoms. The Kier molecular flexibility index (Phi) is 5.87. The van der Waals surface area contributed by atoms with Crippen LogP contribution in [0.25, 0.3) is 11.1 Å². The maximum absolute atomic E-state index is 13.7. The molecule has 2 N–H and O–H groups in total. The monoisotopic (exact) mass is 391 g/mol. The van der Waals surface area contributed by atoms with Gasteiger partial charge < -0.3 is 10.5 Å². The van der Waals surface area contributed by atoms with Crippen molar-refractivity contribution in [3.63, 3.8) is 0 Å². The SMILES string of the molecule is COC(C)(C)/C(=C(\C(N)=O)c1cccc(F)c1)c1ccc(S(C)(=O)=O)cc1. The van der Waals surface area contributed by atoms with Crippen LogP contribution in [0.15, 0.2) is 53.4 Å². The van der Waals surface area contributed by atoms with Crippen LogP contribution in [0, 0.1) is 5.82 Å². The number of sulfone groups is 1. The Bertz CT molecular complexity index is 993. The molecule has 0 heterocycles. The van der Waals surface area contributed by atoms with Crippen LogP contribution in [0.1, 0.15) is 25.0 Å². The molecule has 0 aromatic heterocycles. The lowest BCUT2D eigenvalue weighted by Gasteiger charge is -2.29. The lowest BCUT2D eigenvalue weighted by molar-refractivity contribution is -0.112. The molecule has 144 valence electrons. The summed E-state index contributed by atoms with van der Waals surface area (Å²) in [6.07, 6.45) is 1.11. The first-order valence-corrected chi connectivity index (χ1v) is 10.0. The van der Waals surface area contributed by atoms with Gasteiger partial charge in [-0.15, -0.1) is 0 Å². The average molecular weight is 391 g/mol. The van der Waals surface area contributed by atoms with E-state index < -0.39 is 27.2 Å². The molecule has 2 aromatic rings. The van der Waals surface area contributed by atoms with Crippen LogP contribution in [0.2, 0.25) is 0 Å². The summed E-state index contributed by atoms with van der Waals surface area (Å²) in [4.78, 5) is 12.5. The number of methoxy groups -OCH3 is 1. The van der Waals surface area contributed by atoms with E-state index in [4.69, 9.17) is 10.5 Å². The summed E-state index contributed by atoms with van der Waals surface area (Å²) < 4.78 is 42.7. The van der Waals surface area contributed by atoms with Crippen LogP contribution in [0.4, 0.5) is 4.39 Å². The number of amides is 1. The van der Waals surface area contributed by atoms with Crippen molar-refractivity contribution in [3.8, 4) is 0 Å². The van der Waals surface area contributed by atoms with Gasteiger partial charge in [-0.2, -0.15) is 0 Å². The van der Waals surface area contributed by atoms with Crippen molar-refractivity contribution in [1.82, 2.24) is 0 Å². The molecule has 7 heteroatoms. The lowest BCUT2D eigenvalue weighted by Crippen LogP contribution is -2.28. The molecule has 0 atom stereocenters. The summed E-state index contributed by atoms with van der Waals surface area (Å²) in [6.45, 7) is 3.49. The molecule has 0 radical (unpaired) electrons. The number of ether oxygens (including phenoxy) is 1. The highest BCUT2D eigenvalue weighted by atomic mass is 32.2. The summed E-state index contributed by atoms with van der Waals surface area (Å²) in [5, 5.41) is 0. The molecular formula is C20H22FNO4S. The molecule has 0 saturated carbocycles. The van der Waals surface area contributed by atoms with Gasteiger partial charge in [-0.3, -0.25) is 4.79 Å². The van der Waals surface area contributed by atoms with Crippen LogP contribution in [-0.4, -0.2) is 33.3 Å². The van der Waals surface area contributed by atoms with E-state index in [0.717, 1.165) is 6.26 Å². The standard InChI is InChI=1S/C20H22FNO4S/c1-20(2,26-3)18(13-8-10-16(11-9-13)27(4,24)25)17(19(22)23)14-6-5-7-15(21)12-14/h5-12H,1-4H3,(H2,22,23)/b18-17-. The quantitative estimate of drug-likeness (QED) is 0.606. The summed E-state index contributed by atoms with van der Waals surface area (Å²) in [6, 6.07) is 11.6. The fraction of sp³-hybridized carbons (Fsp3) is 0.250. The van der Waals surface area contributed by atoms with E-state index in [2.05, 4.69) is 0 Å². The van der Waals surface area contributed by atoms with Gasteiger partial charge in [0.15, 0.2) is 9.84 Å². The van der Waals surface area contributed by atoms with E-state index in [1.54, 1.807) is 32.0 Å². The van der Waals surface area contributed by atoms with Crippen molar-refractivity contribution in [2.24, 2.45) is 5.73 Å². The molecule has 2 rings (SSSR count). The molecule has 0 spiro atoms. The van der Waals surface area contributed by atoms with Crippen LogP contribution < -0.4 is 5.73 Å². The first kappa shape index (κ1) is 20.8. The van der Waals surface area contributed by atoms with Crippen molar-refractivity contribution in [3.05, 3.63) is 65.5 Å². The van der Waals surface area contributed by atoms with Crippen molar-refractivity contribution in [2.45, 2.75) is 24.3 Å². The number of carbonyl (C=O) groups excluding carboxylic acids is 1. The highest BCUT2D eigenvalue weighted by molar-refractivity contribution is 7.90. The number of primary amides is 1. The van der Waals surface area contributed by atoms with Gasteiger partial charge in [-0.25, -0.2) is 12.8 Å². The van der Waals surface area contributed by atoms with Crippen molar-refractivity contribution >= 4 is 26.9 Å². The minimum absolute atomic E-state index is 0.105. The number of hydrogen-bond acceptors (Lipinski definition) is 4. The zero-order valence-electron chi connectivity index (χ0n) is 15.6. The molecule has 0 unspecified atom stereocenters. The van der Waals surface area contributed by atoms with Crippen LogP contribution in [-0.2, 0) is 19.4 Å². The second-order valence-electron chi connectivity index (χ2n) is 6.64. The highest BCUT2D eigenvalue weighted by Gasteiger charge is 2.30. The highest BCUT2D eigenvalue weighted by Crippen LogP contribution is 2.37. The van der Waals surface area contributed by atoms with Gasteiger partial charge in [-0.05, 0) is 49.2 Å². The predicted molar refractivity (Wildman–Crippen MR) is 103 cm³/mol. The number of halogens is 1. The van der Waals surface area contributed by atoms with Gasteiger partial charge in [0.05, 0.1) is 16.1 Å². The topological polar surface area (TPSA) is 86.5 Å². The van der Waals surface area contributed by atoms with Crippen molar-refractivity contribution in [1.29, 1.82) is 0 Å². The molecule has 1 amide bonds. The molecule has 2 aromatic carbocycles. The van der Waals surface area contributed by atoms with E-state index >= 15 is 0 Å². The fourth-order valence-electron chi connectivity index (χ4n) is 2.82. The van der Waals surface area contributed by atoms with E-state index in [1.807, 2.05) is 0 Å². The number of nitrogens with two attached hydrogens (primary N) is 1. The van der Waals surface area contributed by atoms with Gasteiger partial charge in [0.25, 0.3) is 0 Å². The Balaban J connectivity index is 2.84. The van der Waals surface area contributed by atoms with Crippen LogP contribution in [0.3, 0.4) is 0 Å². The molecule has 0 aliphatic rings. The Hall–Kier alpha value is -2.51. The number of benzene rings is 2. The maximum atomic E-state index is 13.7. The van der Waals surface area contributed by atoms with E-state index in [0.29, 0.717) is 16.7 Å². The van der Waals surface area contributed by atoms with Crippen molar-refractivity contribution < 1.29 is 22.3 Å². The third-order valence-electron chi connectivity index (χ3n) is 4.29. The van der Waals surface area contributed by atoms with Crippen molar-refractivity contribution in [2.75, 3.05) is 13.4 Å². The van der Waals surface area contributed by atoms with E-state index in [-0.39, 0.29) is 10.5 Å². The lowest BCUT2D eigenvalue weighted by atomic mass is 9.84. The Labute approximate surface area is 158 Å². The van der Waals surface area contributed by atoms with Crippen LogP contribution in [0.5, 0.6) is 0 Å². The second kappa shape index (κ2) is 7.62. The first-order valence-electron chi connectivity index (χ1n) is 8.13. The predicted octanol–water partition coefficient (Wildman–Crippen LogP) is 3.05. The Morgan fingerprint density at radius 2 is 1.67 bits per heavy atom. The Morgan fingerprint density at radius 3 is 2.11 bits per heavy atom. The third kappa shape index (κ3) is 4.61. The van der Waals surface area contributed by atoms with Gasteiger partial charge >= 0.3 is 0 Å². The smallest absolute Gasteiger partial charge is 0.249 e. The normalized spacial score (nSPS) is 13.2. The molecule has 0 aliphatic carbocycles. The fourth-order valence-corrected chi connectivity index (χ4v) is 3.45. The molecule has 0 fully saturated rings. The van der Waals surface area contributed by atoms with Gasteiger partial charge in [0.1, 0.15) is 5.82 Å². The first-order chi connectivity index (χ1) is 12.5. The zero-order chi connectivity index (χ0) is 20.4. The summed E-state index contributed by atoms with van der Waals surface area (Å²) >= 11 is 0. The van der Waals surface area contributed by atoms with Gasteiger partial charge in [0.2, 0.25) is 5.91 Å². The zero-order valence-corrected chi connectivity index (χ0v) is 16.4. The minimum atomic E-state index is -3.37. The summed E-state index contributed by atoms with van der Waals surface area (Å²) in [7, 11) is -1.89. The maximum Gasteiger partial charge on any atom is 0.249 e. The number of hydrogen-bond donors (Lipinski definition) is 1. The molecular weight excluding hydrogens is 369 g/mol. The number of rotatable bonds is 6. The third-order valence-corrected chi connectivity index (χ3v) is 5.42. The molecule has 0 saturated heterocycles. The van der Waals surface area contributed by atoms with Crippen LogP contribution >= 0.6 is 0 Å². The molecule has 0 aliphatic heterocycles. The van der Waals surface area contributed by atoms with E-state index in [1.165, 1.54) is 37.4 Å². The minimum Gasteiger partial charge on any atom is -0.374 e. The summed E-state index contributed by atoms with van der Waals surface area (Å²) in [5.74, 6) is -1.25. The largest absolute Gasteiger partial charge is 0.374 e. The average Bonchev–Trinajstić information content (AvgIpc) is 2.58. The second-order valence-corrected chi connectivity index (χ2v) is 8.65. The Morgan fingerprint density at radius 1 is 1.07 bits per heavy atom. The van der Waals surface area contributed by atoms with E-state index in [9.17, 15) is 17.6 Å². The number of carbonyl (C=O) groups is 1. The summed E-state index contributed by atoms with van der Waals surface area (Å²) in [5.41, 5.74) is 6.08. The molecule has 0 bridgehead atoms. The van der Waals surface area contributed by atoms with Gasteiger partial charge in [-0.1, -0.05) is 24.3 Å². The van der Waals surface area contributed by atoms with Gasteiger partial charge in [0, 0.05) is 18.9 Å². The molecule has 5 nitrogen and oxygen atoms in total.